The summed E-state index contributed by atoms with van der Waals surface area (Å²) in [7, 11) is 6.39. The van der Waals surface area contributed by atoms with Crippen molar-refractivity contribution in [2.75, 3.05) is 60.5 Å². The number of nitrogens with zero attached hydrogens (tertiary/aromatic N) is 3. The third-order valence-electron chi connectivity index (χ3n) is 4.09. The molecule has 0 aromatic heterocycles. The maximum Gasteiger partial charge on any atom is 0.119 e. The van der Waals surface area contributed by atoms with Crippen LogP contribution in [-0.2, 0) is 6.54 Å². The van der Waals surface area contributed by atoms with Gasteiger partial charge in [-0.1, -0.05) is 26.0 Å². The molecule has 0 aliphatic heterocycles. The van der Waals surface area contributed by atoms with E-state index in [1.807, 2.05) is 0 Å². The highest BCUT2D eigenvalue weighted by molar-refractivity contribution is 5.27. The number of benzene rings is 1. The zero-order valence-electron chi connectivity index (χ0n) is 15.7. The molecular formula is C19H35N3O. The van der Waals surface area contributed by atoms with Crippen molar-refractivity contribution in [3.63, 3.8) is 0 Å². The van der Waals surface area contributed by atoms with Crippen LogP contribution in [0.15, 0.2) is 24.3 Å². The minimum Gasteiger partial charge on any atom is -0.494 e. The zero-order chi connectivity index (χ0) is 17.1. The van der Waals surface area contributed by atoms with Crippen molar-refractivity contribution in [1.29, 1.82) is 0 Å². The van der Waals surface area contributed by atoms with Crippen molar-refractivity contribution in [3.05, 3.63) is 29.8 Å². The van der Waals surface area contributed by atoms with Crippen molar-refractivity contribution >= 4 is 0 Å². The predicted molar refractivity (Wildman–Crippen MR) is 99.2 cm³/mol. The fraction of sp³-hybridized carbons (Fsp3) is 0.684. The fourth-order valence-corrected chi connectivity index (χ4v) is 2.47. The predicted octanol–water partition coefficient (Wildman–Crippen LogP) is 2.79. The molecule has 0 N–H and O–H groups in total. The van der Waals surface area contributed by atoms with E-state index in [4.69, 9.17) is 4.74 Å². The van der Waals surface area contributed by atoms with Crippen LogP contribution in [0.5, 0.6) is 5.75 Å². The summed E-state index contributed by atoms with van der Waals surface area (Å²) in [6.45, 7) is 11.7. The van der Waals surface area contributed by atoms with Gasteiger partial charge >= 0.3 is 0 Å². The third kappa shape index (κ3) is 8.94. The van der Waals surface area contributed by atoms with Gasteiger partial charge in [-0.25, -0.2) is 0 Å². The Bertz CT molecular complexity index is 402. The maximum atomic E-state index is 5.84. The van der Waals surface area contributed by atoms with Crippen molar-refractivity contribution in [3.8, 4) is 5.75 Å². The van der Waals surface area contributed by atoms with Gasteiger partial charge in [0.25, 0.3) is 0 Å². The molecule has 132 valence electrons. The monoisotopic (exact) mass is 321 g/mol. The van der Waals surface area contributed by atoms with Crippen molar-refractivity contribution in [1.82, 2.24) is 14.7 Å². The van der Waals surface area contributed by atoms with Gasteiger partial charge in [0.15, 0.2) is 0 Å². The van der Waals surface area contributed by atoms with Gasteiger partial charge < -0.3 is 19.4 Å². The van der Waals surface area contributed by atoms with Crippen LogP contribution in [0.3, 0.4) is 0 Å². The van der Waals surface area contributed by atoms with E-state index >= 15 is 0 Å². The summed E-state index contributed by atoms with van der Waals surface area (Å²) in [5, 5.41) is 0. The molecule has 0 bridgehead atoms. The summed E-state index contributed by atoms with van der Waals surface area (Å²) >= 11 is 0. The second-order valence-corrected chi connectivity index (χ2v) is 6.41. The molecule has 0 atom stereocenters. The molecular weight excluding hydrogens is 286 g/mol. The van der Waals surface area contributed by atoms with E-state index in [0.717, 1.165) is 58.0 Å². The lowest BCUT2D eigenvalue weighted by Gasteiger charge is -2.19. The SMILES string of the molecule is CCN(CC)CCCOc1ccc(CN(C)CCN(C)C)cc1. The number of rotatable bonds is 12. The minimum atomic E-state index is 0.790. The standard InChI is InChI=1S/C19H35N3O/c1-6-22(7-2)13-8-16-23-19-11-9-18(10-12-19)17-21(5)15-14-20(3)4/h9-12H,6-8,13-17H2,1-5H3. The molecule has 0 saturated carbocycles. The van der Waals surface area contributed by atoms with Gasteiger partial charge in [-0.15, -0.1) is 0 Å². The first-order chi connectivity index (χ1) is 11.0. The van der Waals surface area contributed by atoms with E-state index in [0.29, 0.717) is 0 Å². The molecule has 0 fully saturated rings. The molecule has 0 aliphatic carbocycles. The Morgan fingerprint density at radius 3 is 2.09 bits per heavy atom. The molecule has 0 spiro atoms. The molecule has 23 heavy (non-hydrogen) atoms. The van der Waals surface area contributed by atoms with Gasteiger partial charge in [0.2, 0.25) is 0 Å². The molecule has 1 aromatic carbocycles. The van der Waals surface area contributed by atoms with E-state index in [9.17, 15) is 0 Å². The summed E-state index contributed by atoms with van der Waals surface area (Å²) in [6, 6.07) is 8.52. The van der Waals surface area contributed by atoms with E-state index in [1.165, 1.54) is 5.56 Å². The van der Waals surface area contributed by atoms with E-state index in [-0.39, 0.29) is 0 Å². The molecule has 0 aliphatic rings. The van der Waals surface area contributed by atoms with Gasteiger partial charge in [0.05, 0.1) is 6.61 Å². The first kappa shape index (κ1) is 19.9. The lowest BCUT2D eigenvalue weighted by atomic mass is 10.2. The first-order valence-corrected chi connectivity index (χ1v) is 8.82. The topological polar surface area (TPSA) is 19.0 Å². The van der Waals surface area contributed by atoms with Crippen molar-refractivity contribution < 1.29 is 4.74 Å². The largest absolute Gasteiger partial charge is 0.494 e. The summed E-state index contributed by atoms with van der Waals surface area (Å²) in [4.78, 5) is 6.99. The lowest BCUT2D eigenvalue weighted by molar-refractivity contribution is 0.249. The van der Waals surface area contributed by atoms with Crippen LogP contribution in [0.25, 0.3) is 0 Å². The summed E-state index contributed by atoms with van der Waals surface area (Å²) in [5.74, 6) is 0.976. The van der Waals surface area contributed by atoms with Crippen LogP contribution in [-0.4, -0.2) is 75.2 Å². The van der Waals surface area contributed by atoms with Crippen molar-refractivity contribution in [2.24, 2.45) is 0 Å². The van der Waals surface area contributed by atoms with Crippen LogP contribution in [0.4, 0.5) is 0 Å². The van der Waals surface area contributed by atoms with Gasteiger partial charge in [0, 0.05) is 26.2 Å². The van der Waals surface area contributed by atoms with Crippen molar-refractivity contribution in [2.45, 2.75) is 26.8 Å². The molecule has 1 rings (SSSR count). The Hall–Kier alpha value is -1.10. The highest BCUT2D eigenvalue weighted by Gasteiger charge is 2.02. The number of hydrogen-bond acceptors (Lipinski definition) is 4. The molecule has 0 amide bonds. The van der Waals surface area contributed by atoms with Crippen LogP contribution in [0.2, 0.25) is 0 Å². The second-order valence-electron chi connectivity index (χ2n) is 6.41. The quantitative estimate of drug-likeness (QED) is 0.551. The maximum absolute atomic E-state index is 5.84. The van der Waals surface area contributed by atoms with E-state index < -0.39 is 0 Å². The third-order valence-corrected chi connectivity index (χ3v) is 4.09. The van der Waals surface area contributed by atoms with Gasteiger partial charge in [0.1, 0.15) is 5.75 Å². The van der Waals surface area contributed by atoms with Crippen LogP contribution < -0.4 is 4.74 Å². The summed E-state index contributed by atoms with van der Waals surface area (Å²) < 4.78 is 5.84. The highest BCUT2D eigenvalue weighted by Crippen LogP contribution is 2.13. The Kier molecular flexibility index (Phi) is 9.92. The molecule has 4 nitrogen and oxygen atoms in total. The second kappa shape index (κ2) is 11.4. The molecule has 0 heterocycles. The van der Waals surface area contributed by atoms with E-state index in [2.05, 4.69) is 74.0 Å². The average Bonchev–Trinajstić information content (AvgIpc) is 2.54. The fourth-order valence-electron chi connectivity index (χ4n) is 2.47. The first-order valence-electron chi connectivity index (χ1n) is 8.82. The number of hydrogen-bond donors (Lipinski definition) is 0. The Morgan fingerprint density at radius 2 is 1.52 bits per heavy atom. The molecule has 0 unspecified atom stereocenters. The summed E-state index contributed by atoms with van der Waals surface area (Å²) in [6.07, 6.45) is 1.08. The molecule has 0 saturated heterocycles. The van der Waals surface area contributed by atoms with Gasteiger partial charge in [-0.05, 0) is 58.3 Å². The smallest absolute Gasteiger partial charge is 0.119 e. The Labute approximate surface area is 143 Å². The Morgan fingerprint density at radius 1 is 0.870 bits per heavy atom. The number of ether oxygens (including phenoxy) is 1. The molecule has 1 aromatic rings. The van der Waals surface area contributed by atoms with Crippen LogP contribution in [0, 0.1) is 0 Å². The molecule has 0 radical (unpaired) electrons. The van der Waals surface area contributed by atoms with Crippen LogP contribution >= 0.6 is 0 Å². The zero-order valence-corrected chi connectivity index (χ0v) is 15.7. The lowest BCUT2D eigenvalue weighted by Crippen LogP contribution is -2.28. The number of likely N-dealkylation sites (N-methyl/N-ethyl adjacent to an activating group) is 2. The average molecular weight is 322 g/mol. The molecule has 4 heteroatoms. The summed E-state index contributed by atoms with van der Waals surface area (Å²) in [5.41, 5.74) is 1.33. The van der Waals surface area contributed by atoms with Gasteiger partial charge in [-0.2, -0.15) is 0 Å². The van der Waals surface area contributed by atoms with Crippen LogP contribution in [0.1, 0.15) is 25.8 Å². The highest BCUT2D eigenvalue weighted by atomic mass is 16.5. The van der Waals surface area contributed by atoms with E-state index in [1.54, 1.807) is 0 Å². The Balaban J connectivity index is 2.27. The minimum absolute atomic E-state index is 0.790. The van der Waals surface area contributed by atoms with Gasteiger partial charge in [-0.3, -0.25) is 0 Å². The normalized spacial score (nSPS) is 11.7.